The topological polar surface area (TPSA) is 84.0 Å². The van der Waals surface area contributed by atoms with Gasteiger partial charge in [-0.25, -0.2) is 8.42 Å². The number of likely N-dealkylation sites (tertiary alicyclic amines) is 1. The summed E-state index contributed by atoms with van der Waals surface area (Å²) in [6.07, 6.45) is 2.22. The van der Waals surface area contributed by atoms with E-state index in [2.05, 4.69) is 0 Å². The fourth-order valence-electron chi connectivity index (χ4n) is 3.73. The Labute approximate surface area is 164 Å². The second-order valence-corrected chi connectivity index (χ2v) is 9.18. The van der Waals surface area contributed by atoms with E-state index in [1.807, 2.05) is 0 Å². The molecular weight excluding hydrogens is 392 g/mol. The molecule has 0 radical (unpaired) electrons. The summed E-state index contributed by atoms with van der Waals surface area (Å²) < 4.78 is 32.0. The molecule has 1 amide bonds. The van der Waals surface area contributed by atoms with Gasteiger partial charge >= 0.3 is 5.97 Å². The lowest BCUT2D eigenvalue weighted by molar-refractivity contribution is -0.149. The van der Waals surface area contributed by atoms with E-state index in [4.69, 9.17) is 16.3 Å². The van der Waals surface area contributed by atoms with Gasteiger partial charge in [-0.2, -0.15) is 4.31 Å². The highest BCUT2D eigenvalue weighted by molar-refractivity contribution is 7.89. The van der Waals surface area contributed by atoms with Gasteiger partial charge < -0.3 is 9.64 Å². The molecule has 2 saturated heterocycles. The van der Waals surface area contributed by atoms with E-state index in [1.165, 1.54) is 35.7 Å². The van der Waals surface area contributed by atoms with Gasteiger partial charge in [0.1, 0.15) is 6.04 Å². The molecule has 9 heteroatoms. The second-order valence-electron chi connectivity index (χ2n) is 6.85. The number of methoxy groups -OCH3 is 1. The average Bonchev–Trinajstić information content (AvgIpc) is 3.18. The van der Waals surface area contributed by atoms with Crippen molar-refractivity contribution in [1.82, 2.24) is 9.21 Å². The third-order valence-corrected chi connectivity index (χ3v) is 7.42. The molecule has 1 unspecified atom stereocenters. The van der Waals surface area contributed by atoms with Gasteiger partial charge in [0.2, 0.25) is 15.9 Å². The predicted molar refractivity (Wildman–Crippen MR) is 99.7 cm³/mol. The SMILES string of the molecule is COC(=O)C1CCN(C(=O)C2CCCN2S(=O)(=O)c2ccc(Cl)cc2)CC1. The van der Waals surface area contributed by atoms with Crippen molar-refractivity contribution in [3.05, 3.63) is 29.3 Å². The highest BCUT2D eigenvalue weighted by Crippen LogP contribution is 2.29. The Balaban J connectivity index is 1.72. The first-order chi connectivity index (χ1) is 12.8. The average molecular weight is 415 g/mol. The van der Waals surface area contributed by atoms with Crippen LogP contribution in [-0.4, -0.2) is 62.3 Å². The van der Waals surface area contributed by atoms with Crippen molar-refractivity contribution in [2.24, 2.45) is 5.92 Å². The Kier molecular flexibility index (Phi) is 6.08. The van der Waals surface area contributed by atoms with Crippen LogP contribution in [0, 0.1) is 5.92 Å². The van der Waals surface area contributed by atoms with E-state index in [-0.39, 0.29) is 22.7 Å². The molecule has 0 bridgehead atoms. The third kappa shape index (κ3) is 4.12. The maximum atomic E-state index is 13.0. The summed E-state index contributed by atoms with van der Waals surface area (Å²) >= 11 is 5.84. The smallest absolute Gasteiger partial charge is 0.308 e. The zero-order chi connectivity index (χ0) is 19.6. The summed E-state index contributed by atoms with van der Waals surface area (Å²) in [6.45, 7) is 1.19. The van der Waals surface area contributed by atoms with Gasteiger partial charge in [0.15, 0.2) is 0 Å². The molecule has 1 aromatic rings. The van der Waals surface area contributed by atoms with Crippen LogP contribution in [0.25, 0.3) is 0 Å². The minimum atomic E-state index is -3.76. The molecule has 0 aliphatic carbocycles. The molecule has 0 N–H and O–H groups in total. The fourth-order valence-corrected chi connectivity index (χ4v) is 5.51. The molecule has 1 aromatic carbocycles. The number of carbonyl (C=O) groups excluding carboxylic acids is 2. The first kappa shape index (κ1) is 20.1. The first-order valence-corrected chi connectivity index (χ1v) is 10.8. The number of piperidine rings is 1. The van der Waals surface area contributed by atoms with Crippen LogP contribution in [0.4, 0.5) is 0 Å². The van der Waals surface area contributed by atoms with Crippen LogP contribution in [0.3, 0.4) is 0 Å². The normalized spacial score (nSPS) is 22.0. The van der Waals surface area contributed by atoms with Crippen molar-refractivity contribution in [3.8, 4) is 0 Å². The van der Waals surface area contributed by atoms with E-state index < -0.39 is 16.1 Å². The minimum absolute atomic E-state index is 0.135. The molecule has 27 heavy (non-hydrogen) atoms. The standard InChI is InChI=1S/C18H23ClN2O5S/c1-26-18(23)13-8-11-20(12-9-13)17(22)16-3-2-10-21(16)27(24,25)15-6-4-14(19)5-7-15/h4-7,13,16H,2-3,8-12H2,1H3. The molecule has 0 aromatic heterocycles. The second kappa shape index (κ2) is 8.16. The Morgan fingerprint density at radius 1 is 1.07 bits per heavy atom. The number of esters is 1. The van der Waals surface area contributed by atoms with Crippen LogP contribution < -0.4 is 0 Å². The van der Waals surface area contributed by atoms with Gasteiger partial charge in [-0.15, -0.1) is 0 Å². The zero-order valence-electron chi connectivity index (χ0n) is 15.1. The largest absolute Gasteiger partial charge is 0.469 e. The van der Waals surface area contributed by atoms with Crippen molar-refractivity contribution >= 4 is 33.5 Å². The van der Waals surface area contributed by atoms with Gasteiger partial charge in [0.25, 0.3) is 0 Å². The number of hydrogen-bond acceptors (Lipinski definition) is 5. The number of nitrogens with zero attached hydrogens (tertiary/aromatic N) is 2. The van der Waals surface area contributed by atoms with Crippen molar-refractivity contribution in [2.75, 3.05) is 26.7 Å². The Hall–Kier alpha value is -1.64. The number of carbonyl (C=O) groups is 2. The lowest BCUT2D eigenvalue weighted by Gasteiger charge is -2.34. The quantitative estimate of drug-likeness (QED) is 0.702. The van der Waals surface area contributed by atoms with Crippen molar-refractivity contribution in [1.29, 1.82) is 0 Å². The van der Waals surface area contributed by atoms with E-state index in [0.29, 0.717) is 50.3 Å². The van der Waals surface area contributed by atoms with E-state index in [1.54, 1.807) is 4.90 Å². The number of sulfonamides is 1. The molecule has 2 aliphatic rings. The van der Waals surface area contributed by atoms with Crippen LogP contribution in [0.5, 0.6) is 0 Å². The summed E-state index contributed by atoms with van der Waals surface area (Å²) in [7, 11) is -2.40. The van der Waals surface area contributed by atoms with Crippen LogP contribution in [0.2, 0.25) is 5.02 Å². The van der Waals surface area contributed by atoms with E-state index in [9.17, 15) is 18.0 Å². The molecule has 3 rings (SSSR count). The molecule has 2 fully saturated rings. The monoisotopic (exact) mass is 414 g/mol. The van der Waals surface area contributed by atoms with Gasteiger partial charge in [-0.3, -0.25) is 9.59 Å². The third-order valence-electron chi connectivity index (χ3n) is 5.25. The van der Waals surface area contributed by atoms with Crippen molar-refractivity contribution in [2.45, 2.75) is 36.6 Å². The zero-order valence-corrected chi connectivity index (χ0v) is 16.7. The first-order valence-electron chi connectivity index (χ1n) is 8.98. The van der Waals surface area contributed by atoms with Crippen molar-refractivity contribution < 1.29 is 22.7 Å². The summed E-state index contributed by atoms with van der Waals surface area (Å²) in [5.41, 5.74) is 0. The lowest BCUT2D eigenvalue weighted by Crippen LogP contribution is -2.50. The molecule has 148 valence electrons. The number of halogens is 1. The van der Waals surface area contributed by atoms with Crippen LogP contribution in [-0.2, 0) is 24.3 Å². The summed E-state index contributed by atoms with van der Waals surface area (Å²) in [5.74, 6) is -0.639. The van der Waals surface area contributed by atoms with Crippen molar-refractivity contribution in [3.63, 3.8) is 0 Å². The number of benzene rings is 1. The van der Waals surface area contributed by atoms with Gasteiger partial charge in [0, 0.05) is 24.7 Å². The molecule has 2 aliphatic heterocycles. The van der Waals surface area contributed by atoms with Crippen LogP contribution in [0.15, 0.2) is 29.2 Å². The summed E-state index contributed by atoms with van der Waals surface area (Å²) in [6, 6.07) is 5.27. The predicted octanol–water partition coefficient (Wildman–Crippen LogP) is 1.90. The molecular formula is C18H23ClN2O5S. The number of amides is 1. The number of ether oxygens (including phenoxy) is 1. The highest BCUT2D eigenvalue weighted by atomic mass is 35.5. The fraction of sp³-hybridized carbons (Fsp3) is 0.556. The lowest BCUT2D eigenvalue weighted by atomic mass is 9.96. The molecule has 0 saturated carbocycles. The number of hydrogen-bond donors (Lipinski definition) is 0. The Morgan fingerprint density at radius 2 is 1.70 bits per heavy atom. The Bertz CT molecular complexity index is 804. The van der Waals surface area contributed by atoms with Crippen LogP contribution in [0.1, 0.15) is 25.7 Å². The van der Waals surface area contributed by atoms with E-state index >= 15 is 0 Å². The summed E-state index contributed by atoms with van der Waals surface area (Å²) in [4.78, 5) is 26.4. The van der Waals surface area contributed by atoms with Gasteiger partial charge in [-0.1, -0.05) is 11.6 Å². The van der Waals surface area contributed by atoms with Crippen LogP contribution >= 0.6 is 11.6 Å². The molecule has 0 spiro atoms. The molecule has 7 nitrogen and oxygen atoms in total. The summed E-state index contributed by atoms with van der Waals surface area (Å²) in [5, 5.41) is 0.455. The van der Waals surface area contributed by atoms with Gasteiger partial charge in [0.05, 0.1) is 17.9 Å². The van der Waals surface area contributed by atoms with Gasteiger partial charge in [-0.05, 0) is 49.9 Å². The maximum Gasteiger partial charge on any atom is 0.308 e. The number of rotatable bonds is 4. The maximum absolute atomic E-state index is 13.0. The molecule has 1 atom stereocenters. The highest BCUT2D eigenvalue weighted by Gasteiger charge is 2.42. The van der Waals surface area contributed by atoms with E-state index in [0.717, 1.165) is 0 Å². The molecule has 2 heterocycles. The minimum Gasteiger partial charge on any atom is -0.469 e. The Morgan fingerprint density at radius 3 is 2.30 bits per heavy atom.